The third kappa shape index (κ3) is 2.63. The number of nitrogens with one attached hydrogen (secondary N) is 2. The lowest BCUT2D eigenvalue weighted by atomic mass is 10.1. The van der Waals surface area contributed by atoms with Gasteiger partial charge in [-0.25, -0.2) is 4.98 Å². The van der Waals surface area contributed by atoms with Gasteiger partial charge in [0.1, 0.15) is 0 Å². The maximum absolute atomic E-state index is 11.8. The lowest BCUT2D eigenvalue weighted by molar-refractivity contribution is -0.115. The molecule has 0 radical (unpaired) electrons. The van der Waals surface area contributed by atoms with Crippen molar-refractivity contribution in [1.82, 2.24) is 9.97 Å². The van der Waals surface area contributed by atoms with Crippen LogP contribution in [0.25, 0.3) is 10.8 Å². The van der Waals surface area contributed by atoms with Crippen LogP contribution in [0.5, 0.6) is 0 Å². The van der Waals surface area contributed by atoms with Gasteiger partial charge in [0, 0.05) is 12.4 Å². The fourth-order valence-electron chi connectivity index (χ4n) is 2.04. The molecule has 1 amide bonds. The molecule has 0 aliphatic carbocycles. The number of nitrogens with zero attached hydrogens (tertiary/aromatic N) is 1. The Morgan fingerprint density at radius 3 is 2.79 bits per heavy atom. The number of hydrogen-bond acceptors (Lipinski definition) is 2. The third-order valence-electron chi connectivity index (χ3n) is 2.93. The zero-order chi connectivity index (χ0) is 13.1. The number of aromatic amines is 1. The average Bonchev–Trinajstić information content (AvgIpc) is 2.91. The van der Waals surface area contributed by atoms with Gasteiger partial charge >= 0.3 is 0 Å². The predicted molar refractivity (Wildman–Crippen MR) is 74.9 cm³/mol. The molecule has 94 valence electrons. The van der Waals surface area contributed by atoms with E-state index in [4.69, 9.17) is 0 Å². The standard InChI is InChI=1S/C15H13N3O/c19-14(18-15-16-7-8-17-15)10-11-5-6-12-3-1-2-4-13(12)9-11/h1-9H,10H2,(H2,16,17,18,19). The molecule has 0 fully saturated rings. The highest BCUT2D eigenvalue weighted by atomic mass is 16.1. The maximum Gasteiger partial charge on any atom is 0.231 e. The lowest BCUT2D eigenvalue weighted by Crippen LogP contribution is -2.15. The number of aromatic nitrogens is 2. The van der Waals surface area contributed by atoms with Crippen LogP contribution in [-0.2, 0) is 11.2 Å². The van der Waals surface area contributed by atoms with Gasteiger partial charge in [0.2, 0.25) is 11.9 Å². The molecule has 3 aromatic rings. The van der Waals surface area contributed by atoms with Crippen molar-refractivity contribution in [1.29, 1.82) is 0 Å². The van der Waals surface area contributed by atoms with Crippen LogP contribution in [0.4, 0.5) is 5.95 Å². The van der Waals surface area contributed by atoms with Crippen LogP contribution in [-0.4, -0.2) is 15.9 Å². The minimum Gasteiger partial charge on any atom is -0.331 e. The van der Waals surface area contributed by atoms with Crippen molar-refractivity contribution in [3.05, 3.63) is 60.4 Å². The van der Waals surface area contributed by atoms with Crippen LogP contribution in [0.3, 0.4) is 0 Å². The SMILES string of the molecule is O=C(Cc1ccc2ccccc2c1)Nc1ncc[nH]1. The van der Waals surface area contributed by atoms with Gasteiger partial charge in [-0.2, -0.15) is 0 Å². The van der Waals surface area contributed by atoms with Crippen molar-refractivity contribution in [2.45, 2.75) is 6.42 Å². The van der Waals surface area contributed by atoms with E-state index in [-0.39, 0.29) is 5.91 Å². The van der Waals surface area contributed by atoms with Gasteiger partial charge in [-0.1, -0.05) is 42.5 Å². The Balaban J connectivity index is 1.75. The fraction of sp³-hybridized carbons (Fsp3) is 0.0667. The van der Waals surface area contributed by atoms with Crippen molar-refractivity contribution in [2.24, 2.45) is 0 Å². The first-order chi connectivity index (χ1) is 9.31. The number of hydrogen-bond donors (Lipinski definition) is 2. The minimum absolute atomic E-state index is 0.0785. The predicted octanol–water partition coefficient (Wildman–Crippen LogP) is 2.74. The van der Waals surface area contributed by atoms with Gasteiger partial charge in [0.15, 0.2) is 0 Å². The number of imidazole rings is 1. The molecular weight excluding hydrogens is 238 g/mol. The molecule has 1 aromatic heterocycles. The summed E-state index contributed by atoms with van der Waals surface area (Å²) in [5, 5.41) is 5.04. The first-order valence-corrected chi connectivity index (χ1v) is 6.08. The molecule has 4 nitrogen and oxygen atoms in total. The van der Waals surface area contributed by atoms with Gasteiger partial charge < -0.3 is 4.98 Å². The second-order valence-corrected chi connectivity index (χ2v) is 4.34. The quantitative estimate of drug-likeness (QED) is 0.752. The van der Waals surface area contributed by atoms with E-state index in [1.165, 1.54) is 5.39 Å². The Labute approximate surface area is 110 Å². The highest BCUT2D eigenvalue weighted by molar-refractivity contribution is 5.91. The molecule has 0 saturated carbocycles. The lowest BCUT2D eigenvalue weighted by Gasteiger charge is -2.04. The van der Waals surface area contributed by atoms with E-state index in [1.807, 2.05) is 36.4 Å². The molecule has 1 heterocycles. The summed E-state index contributed by atoms with van der Waals surface area (Å²) in [6.07, 6.45) is 3.61. The van der Waals surface area contributed by atoms with Crippen LogP contribution >= 0.6 is 0 Å². The molecule has 0 atom stereocenters. The smallest absolute Gasteiger partial charge is 0.231 e. The Hall–Kier alpha value is -2.62. The van der Waals surface area contributed by atoms with Crippen molar-refractivity contribution in [2.75, 3.05) is 5.32 Å². The van der Waals surface area contributed by atoms with Crippen molar-refractivity contribution in [3.63, 3.8) is 0 Å². The molecule has 0 spiro atoms. The molecule has 2 N–H and O–H groups in total. The Kier molecular flexibility index (Phi) is 2.98. The van der Waals surface area contributed by atoms with Gasteiger partial charge in [-0.3, -0.25) is 10.1 Å². The summed E-state index contributed by atoms with van der Waals surface area (Å²) in [7, 11) is 0. The molecular formula is C15H13N3O. The highest BCUT2D eigenvalue weighted by Crippen LogP contribution is 2.16. The van der Waals surface area contributed by atoms with Gasteiger partial charge in [0.25, 0.3) is 0 Å². The number of H-pyrrole nitrogens is 1. The van der Waals surface area contributed by atoms with Crippen LogP contribution < -0.4 is 5.32 Å². The van der Waals surface area contributed by atoms with E-state index >= 15 is 0 Å². The number of amides is 1. The molecule has 2 aromatic carbocycles. The second-order valence-electron chi connectivity index (χ2n) is 4.34. The van der Waals surface area contributed by atoms with Crippen LogP contribution in [0.2, 0.25) is 0 Å². The van der Waals surface area contributed by atoms with E-state index in [0.717, 1.165) is 10.9 Å². The molecule has 0 aliphatic heterocycles. The fourth-order valence-corrected chi connectivity index (χ4v) is 2.04. The monoisotopic (exact) mass is 251 g/mol. The van der Waals surface area contributed by atoms with Crippen LogP contribution in [0, 0.1) is 0 Å². The minimum atomic E-state index is -0.0785. The summed E-state index contributed by atoms with van der Waals surface area (Å²) in [6.45, 7) is 0. The van der Waals surface area contributed by atoms with Crippen LogP contribution in [0.15, 0.2) is 54.9 Å². The Bertz CT molecular complexity index is 704. The molecule has 0 saturated heterocycles. The number of carbonyl (C=O) groups is 1. The normalized spacial score (nSPS) is 10.5. The number of rotatable bonds is 3. The van der Waals surface area contributed by atoms with E-state index in [1.54, 1.807) is 12.4 Å². The summed E-state index contributed by atoms with van der Waals surface area (Å²) in [5.74, 6) is 0.399. The van der Waals surface area contributed by atoms with E-state index in [9.17, 15) is 4.79 Å². The zero-order valence-corrected chi connectivity index (χ0v) is 10.3. The number of fused-ring (bicyclic) bond motifs is 1. The first-order valence-electron chi connectivity index (χ1n) is 6.08. The number of anilines is 1. The molecule has 0 unspecified atom stereocenters. The summed E-state index contributed by atoms with van der Waals surface area (Å²) in [4.78, 5) is 18.6. The maximum atomic E-state index is 11.8. The topological polar surface area (TPSA) is 57.8 Å². The Morgan fingerprint density at radius 2 is 2.00 bits per heavy atom. The van der Waals surface area contributed by atoms with E-state index < -0.39 is 0 Å². The summed E-state index contributed by atoms with van der Waals surface area (Å²) >= 11 is 0. The van der Waals surface area contributed by atoms with Gasteiger partial charge in [-0.15, -0.1) is 0 Å². The van der Waals surface area contributed by atoms with E-state index in [0.29, 0.717) is 12.4 Å². The first kappa shape index (κ1) is 11.5. The van der Waals surface area contributed by atoms with Gasteiger partial charge in [0.05, 0.1) is 6.42 Å². The highest BCUT2D eigenvalue weighted by Gasteiger charge is 2.05. The second kappa shape index (κ2) is 4.94. The zero-order valence-electron chi connectivity index (χ0n) is 10.3. The van der Waals surface area contributed by atoms with Crippen molar-refractivity contribution < 1.29 is 4.79 Å². The number of benzene rings is 2. The van der Waals surface area contributed by atoms with Crippen molar-refractivity contribution in [3.8, 4) is 0 Å². The van der Waals surface area contributed by atoms with Gasteiger partial charge in [-0.05, 0) is 16.3 Å². The molecule has 4 heteroatoms. The molecule has 19 heavy (non-hydrogen) atoms. The number of carbonyl (C=O) groups excluding carboxylic acids is 1. The van der Waals surface area contributed by atoms with Crippen LogP contribution in [0.1, 0.15) is 5.56 Å². The summed E-state index contributed by atoms with van der Waals surface area (Å²) in [5.41, 5.74) is 0.989. The largest absolute Gasteiger partial charge is 0.331 e. The third-order valence-corrected chi connectivity index (χ3v) is 2.93. The summed E-state index contributed by atoms with van der Waals surface area (Å²) in [6, 6.07) is 14.2. The van der Waals surface area contributed by atoms with Crippen molar-refractivity contribution >= 4 is 22.6 Å². The molecule has 3 rings (SSSR count). The average molecular weight is 251 g/mol. The van der Waals surface area contributed by atoms with E-state index in [2.05, 4.69) is 21.4 Å². The molecule has 0 aliphatic rings. The Morgan fingerprint density at radius 1 is 1.16 bits per heavy atom. The summed E-state index contributed by atoms with van der Waals surface area (Å²) < 4.78 is 0. The molecule has 0 bridgehead atoms.